The fraction of sp³-hybridized carbons (Fsp3) is 0.273. The van der Waals surface area contributed by atoms with E-state index in [4.69, 9.17) is 6.57 Å². The van der Waals surface area contributed by atoms with Crippen molar-refractivity contribution in [3.63, 3.8) is 0 Å². The summed E-state index contributed by atoms with van der Waals surface area (Å²) in [6.45, 7) is 11.2. The summed E-state index contributed by atoms with van der Waals surface area (Å²) in [5, 5.41) is 0. The van der Waals surface area contributed by atoms with Crippen molar-refractivity contribution in [3.8, 4) is 0 Å². The molecule has 0 amide bonds. The van der Waals surface area contributed by atoms with Crippen LogP contribution in [0.5, 0.6) is 0 Å². The third kappa shape index (κ3) is 2.27. The molecule has 2 heterocycles. The predicted octanol–water partition coefficient (Wildman–Crippen LogP) is 2.81. The van der Waals surface area contributed by atoms with Crippen molar-refractivity contribution in [3.05, 3.63) is 41.5 Å². The van der Waals surface area contributed by atoms with Crippen LogP contribution in [0.4, 0.5) is 5.82 Å². The Morgan fingerprint density at radius 1 is 1.53 bits per heavy atom. The second-order valence-corrected chi connectivity index (χ2v) is 3.48. The molecule has 73 valence electrons. The van der Waals surface area contributed by atoms with E-state index in [2.05, 4.69) is 29.7 Å². The van der Waals surface area contributed by atoms with Crippen LogP contribution in [0.15, 0.2) is 18.5 Å². The standard InChI is InChI=1S/C11H10N3.Y/c1-8(2)9-4-5-14-10(6-9)13-7-11(14)12-3;/h5-8H,1-2H3;/q-1;. The van der Waals surface area contributed by atoms with Crippen LogP contribution in [0.1, 0.15) is 25.3 Å². The number of imidazole rings is 1. The maximum Gasteiger partial charge on any atom is 0.252 e. The summed E-state index contributed by atoms with van der Waals surface area (Å²) < 4.78 is 1.75. The van der Waals surface area contributed by atoms with Crippen molar-refractivity contribution in [1.82, 2.24) is 9.38 Å². The van der Waals surface area contributed by atoms with Crippen LogP contribution in [0.2, 0.25) is 0 Å². The summed E-state index contributed by atoms with van der Waals surface area (Å²) in [6.07, 6.45) is 3.37. The van der Waals surface area contributed by atoms with Crippen LogP contribution >= 0.6 is 0 Å². The first-order valence-electron chi connectivity index (χ1n) is 4.48. The Hall–Kier alpha value is -0.716. The van der Waals surface area contributed by atoms with Crippen LogP contribution in [-0.4, -0.2) is 9.38 Å². The molecule has 0 aromatic carbocycles. The molecule has 0 saturated heterocycles. The van der Waals surface area contributed by atoms with Crippen molar-refractivity contribution in [2.24, 2.45) is 0 Å². The Balaban J connectivity index is 0.00000112. The first-order chi connectivity index (χ1) is 6.72. The molecule has 15 heavy (non-hydrogen) atoms. The zero-order valence-electron chi connectivity index (χ0n) is 8.73. The molecule has 2 aromatic rings. The Morgan fingerprint density at radius 3 is 2.87 bits per heavy atom. The smallest absolute Gasteiger partial charge is 0.252 e. The van der Waals surface area contributed by atoms with E-state index in [-0.39, 0.29) is 32.7 Å². The molecular weight excluding hydrogens is 263 g/mol. The summed E-state index contributed by atoms with van der Waals surface area (Å²) in [5.74, 6) is 0.972. The molecule has 0 aliphatic carbocycles. The van der Waals surface area contributed by atoms with Gasteiger partial charge in [-0.05, 0) is 6.20 Å². The van der Waals surface area contributed by atoms with Gasteiger partial charge in [0, 0.05) is 32.7 Å². The zero-order chi connectivity index (χ0) is 10.1. The molecule has 0 N–H and O–H groups in total. The van der Waals surface area contributed by atoms with Crippen molar-refractivity contribution >= 4 is 11.5 Å². The molecule has 0 spiro atoms. The third-order valence-corrected chi connectivity index (χ3v) is 2.19. The van der Waals surface area contributed by atoms with E-state index in [0.29, 0.717) is 11.7 Å². The fourth-order valence-electron chi connectivity index (χ4n) is 1.34. The number of aromatic nitrogens is 2. The van der Waals surface area contributed by atoms with Gasteiger partial charge in [-0.1, -0.05) is 26.3 Å². The maximum atomic E-state index is 6.93. The molecule has 0 aliphatic rings. The first-order valence-corrected chi connectivity index (χ1v) is 4.48. The number of rotatable bonds is 1. The SMILES string of the molecule is [C-]#[N+]c1cnc2cc(C(C)C)[c-]cn12.[Y]. The summed E-state index contributed by atoms with van der Waals surface area (Å²) in [5.41, 5.74) is 1.94. The van der Waals surface area contributed by atoms with Gasteiger partial charge >= 0.3 is 0 Å². The minimum atomic E-state index is 0. The van der Waals surface area contributed by atoms with E-state index >= 15 is 0 Å². The van der Waals surface area contributed by atoms with Crippen molar-refractivity contribution < 1.29 is 32.7 Å². The van der Waals surface area contributed by atoms with Crippen LogP contribution in [0.25, 0.3) is 10.5 Å². The van der Waals surface area contributed by atoms with Gasteiger partial charge in [0.1, 0.15) is 5.65 Å². The average Bonchev–Trinajstić information content (AvgIpc) is 2.59. The molecule has 3 nitrogen and oxygen atoms in total. The van der Waals surface area contributed by atoms with Crippen LogP contribution in [0.3, 0.4) is 0 Å². The van der Waals surface area contributed by atoms with E-state index in [1.54, 1.807) is 16.8 Å². The number of hydrogen-bond donors (Lipinski definition) is 0. The number of pyridine rings is 1. The summed E-state index contributed by atoms with van der Waals surface area (Å²) in [6, 6.07) is 5.12. The third-order valence-electron chi connectivity index (χ3n) is 2.19. The molecule has 2 rings (SSSR count). The van der Waals surface area contributed by atoms with Gasteiger partial charge in [0.15, 0.2) is 0 Å². The monoisotopic (exact) mass is 273 g/mol. The summed E-state index contributed by atoms with van der Waals surface area (Å²) in [4.78, 5) is 7.53. The van der Waals surface area contributed by atoms with Gasteiger partial charge < -0.3 is 4.85 Å². The van der Waals surface area contributed by atoms with E-state index in [0.717, 1.165) is 11.2 Å². The summed E-state index contributed by atoms with van der Waals surface area (Å²) in [7, 11) is 0. The van der Waals surface area contributed by atoms with Gasteiger partial charge in [-0.15, -0.1) is 6.07 Å². The molecule has 4 heteroatoms. The Morgan fingerprint density at radius 2 is 2.27 bits per heavy atom. The van der Waals surface area contributed by atoms with Gasteiger partial charge in [-0.25, -0.2) is 16.6 Å². The second-order valence-electron chi connectivity index (χ2n) is 3.48. The van der Waals surface area contributed by atoms with Gasteiger partial charge in [0.25, 0.3) is 5.82 Å². The number of fused-ring (bicyclic) bond motifs is 1. The molecule has 1 radical (unpaired) electrons. The molecular formula is C11H10N3Y-. The molecule has 0 fully saturated rings. The molecule has 0 aliphatic heterocycles. The Bertz CT molecular complexity index is 508. The van der Waals surface area contributed by atoms with Crippen molar-refractivity contribution in [1.29, 1.82) is 0 Å². The van der Waals surface area contributed by atoms with Crippen LogP contribution < -0.4 is 0 Å². The molecule has 0 saturated carbocycles. The molecule has 0 atom stereocenters. The first kappa shape index (κ1) is 12.4. The zero-order valence-corrected chi connectivity index (χ0v) is 11.6. The van der Waals surface area contributed by atoms with Crippen LogP contribution in [-0.2, 0) is 32.7 Å². The number of hydrogen-bond acceptors (Lipinski definition) is 1. The molecule has 2 aromatic heterocycles. The normalized spacial score (nSPS) is 10.0. The van der Waals surface area contributed by atoms with Crippen molar-refractivity contribution in [2.45, 2.75) is 19.8 Å². The molecule has 0 bridgehead atoms. The fourth-order valence-corrected chi connectivity index (χ4v) is 1.34. The minimum Gasteiger partial charge on any atom is -0.362 e. The topological polar surface area (TPSA) is 21.7 Å². The summed E-state index contributed by atoms with van der Waals surface area (Å²) >= 11 is 0. The largest absolute Gasteiger partial charge is 0.362 e. The van der Waals surface area contributed by atoms with E-state index < -0.39 is 0 Å². The van der Waals surface area contributed by atoms with Crippen LogP contribution in [0, 0.1) is 12.6 Å². The average molecular weight is 273 g/mol. The molecule has 0 unspecified atom stereocenters. The van der Waals surface area contributed by atoms with Gasteiger partial charge in [-0.2, -0.15) is 0 Å². The van der Waals surface area contributed by atoms with E-state index in [1.807, 2.05) is 6.07 Å². The van der Waals surface area contributed by atoms with Crippen molar-refractivity contribution in [2.75, 3.05) is 0 Å². The van der Waals surface area contributed by atoms with Gasteiger partial charge in [0.2, 0.25) is 0 Å². The number of nitrogens with zero attached hydrogens (tertiary/aromatic N) is 3. The quantitative estimate of drug-likeness (QED) is 0.732. The predicted molar refractivity (Wildman–Crippen MR) is 54.4 cm³/mol. The van der Waals surface area contributed by atoms with E-state index in [9.17, 15) is 0 Å². The van der Waals surface area contributed by atoms with Gasteiger partial charge in [-0.3, -0.25) is 4.40 Å². The van der Waals surface area contributed by atoms with E-state index in [1.165, 1.54) is 0 Å². The maximum absolute atomic E-state index is 6.93. The second kappa shape index (κ2) is 4.87. The Kier molecular flexibility index (Phi) is 4.01. The Labute approximate surface area is 114 Å². The minimum absolute atomic E-state index is 0. The van der Waals surface area contributed by atoms with Gasteiger partial charge in [0.05, 0.1) is 6.20 Å².